The zero-order valence-corrected chi connectivity index (χ0v) is 17.0. The van der Waals surface area contributed by atoms with Gasteiger partial charge in [-0.1, -0.05) is 0 Å². The van der Waals surface area contributed by atoms with Gasteiger partial charge < -0.3 is 20.5 Å². The molecule has 1 aliphatic carbocycles. The summed E-state index contributed by atoms with van der Waals surface area (Å²) >= 11 is 0. The van der Waals surface area contributed by atoms with E-state index >= 15 is 0 Å². The van der Waals surface area contributed by atoms with Gasteiger partial charge in [0.1, 0.15) is 11.2 Å². The highest BCUT2D eigenvalue weighted by Gasteiger charge is 2.34. The number of benzene rings is 1. The number of rotatable bonds is 5. The second-order valence-electron chi connectivity index (χ2n) is 7.56. The summed E-state index contributed by atoms with van der Waals surface area (Å²) in [4.78, 5) is 16.7. The van der Waals surface area contributed by atoms with Gasteiger partial charge in [0, 0.05) is 25.1 Å². The van der Waals surface area contributed by atoms with Gasteiger partial charge in [-0.25, -0.2) is 4.98 Å². The molecule has 6 nitrogen and oxygen atoms in total. The largest absolute Gasteiger partial charge is 0.573 e. The monoisotopic (exact) mass is 425 g/mol. The molecule has 1 aromatic heterocycles. The van der Waals surface area contributed by atoms with E-state index in [0.717, 1.165) is 44.9 Å². The number of aliphatic hydroxyl groups is 1. The Hall–Kier alpha value is -2.39. The van der Waals surface area contributed by atoms with Crippen LogP contribution in [0.2, 0.25) is 0 Å². The molecular formula is C21H26F3N3O3. The molecule has 1 saturated heterocycles. The van der Waals surface area contributed by atoms with Crippen LogP contribution in [0.4, 0.5) is 13.2 Å². The Morgan fingerprint density at radius 3 is 2.60 bits per heavy atom. The van der Waals surface area contributed by atoms with Gasteiger partial charge in [-0.2, -0.15) is 0 Å². The number of ether oxygens (including phenoxy) is 1. The van der Waals surface area contributed by atoms with Gasteiger partial charge >= 0.3 is 6.36 Å². The third kappa shape index (κ3) is 5.40. The molecule has 1 atom stereocenters. The van der Waals surface area contributed by atoms with Crippen molar-refractivity contribution in [1.29, 1.82) is 0 Å². The molecule has 0 radical (unpaired) electrons. The Morgan fingerprint density at radius 1 is 1.27 bits per heavy atom. The molecule has 1 aliphatic heterocycles. The van der Waals surface area contributed by atoms with Crippen molar-refractivity contribution in [3.05, 3.63) is 35.0 Å². The Bertz CT molecular complexity index is 908. The lowest BCUT2D eigenvalue weighted by molar-refractivity contribution is -0.274. The number of carbonyl (C=O) groups is 1. The van der Waals surface area contributed by atoms with Crippen LogP contribution in [0.25, 0.3) is 10.9 Å². The summed E-state index contributed by atoms with van der Waals surface area (Å²) in [5.74, 6) is -0.480. The van der Waals surface area contributed by atoms with E-state index in [2.05, 4.69) is 20.4 Å². The van der Waals surface area contributed by atoms with E-state index in [-0.39, 0.29) is 28.9 Å². The Morgan fingerprint density at radius 2 is 2.00 bits per heavy atom. The molecule has 3 N–H and O–H groups in total. The van der Waals surface area contributed by atoms with Crippen LogP contribution in [-0.2, 0) is 0 Å². The van der Waals surface area contributed by atoms with E-state index in [9.17, 15) is 18.0 Å². The van der Waals surface area contributed by atoms with Crippen LogP contribution in [0.3, 0.4) is 0 Å². The summed E-state index contributed by atoms with van der Waals surface area (Å²) in [6.07, 6.45) is -0.858. The number of pyridine rings is 1. The maximum Gasteiger partial charge on any atom is 0.573 e. The van der Waals surface area contributed by atoms with Gasteiger partial charge in [0.2, 0.25) is 0 Å². The van der Waals surface area contributed by atoms with Crippen molar-refractivity contribution < 1.29 is 27.8 Å². The molecule has 1 saturated carbocycles. The zero-order chi connectivity index (χ0) is 21.9. The fraction of sp³-hybridized carbons (Fsp3) is 0.524. The van der Waals surface area contributed by atoms with E-state index in [0.29, 0.717) is 17.5 Å². The van der Waals surface area contributed by atoms with Crippen molar-refractivity contribution in [2.45, 2.75) is 50.9 Å². The molecule has 30 heavy (non-hydrogen) atoms. The predicted molar refractivity (Wildman–Crippen MR) is 107 cm³/mol. The van der Waals surface area contributed by atoms with Crippen molar-refractivity contribution >= 4 is 16.8 Å². The molecule has 1 amide bonds. The Kier molecular flexibility index (Phi) is 6.82. The second kappa shape index (κ2) is 9.18. The van der Waals surface area contributed by atoms with Crippen molar-refractivity contribution in [1.82, 2.24) is 15.6 Å². The lowest BCUT2D eigenvalue weighted by Gasteiger charge is -2.16. The highest BCUT2D eigenvalue weighted by atomic mass is 19.4. The maximum atomic E-state index is 12.9. The number of aromatic nitrogens is 1. The Labute approximate surface area is 172 Å². The Balaban J connectivity index is 0.00000124. The molecule has 9 heteroatoms. The normalized spacial score (nSPS) is 18.7. The van der Waals surface area contributed by atoms with Gasteiger partial charge in [-0.15, -0.1) is 13.2 Å². The molecule has 1 aromatic carbocycles. The molecule has 4 rings (SSSR count). The van der Waals surface area contributed by atoms with Gasteiger partial charge in [0.05, 0.1) is 0 Å². The van der Waals surface area contributed by atoms with Crippen LogP contribution in [0, 0.1) is 6.92 Å². The minimum absolute atomic E-state index is 0.0610. The molecule has 164 valence electrons. The highest BCUT2D eigenvalue weighted by molar-refractivity contribution is 5.97. The topological polar surface area (TPSA) is 83.5 Å². The average Bonchev–Trinajstić information content (AvgIpc) is 3.42. The van der Waals surface area contributed by atoms with Gasteiger partial charge in [0.15, 0.2) is 5.75 Å². The van der Waals surface area contributed by atoms with Crippen molar-refractivity contribution in [3.8, 4) is 5.75 Å². The van der Waals surface area contributed by atoms with Crippen molar-refractivity contribution in [3.63, 3.8) is 0 Å². The number of alkyl halides is 3. The molecule has 1 unspecified atom stereocenters. The molecule has 2 heterocycles. The third-order valence-corrected chi connectivity index (χ3v) is 5.29. The maximum absolute atomic E-state index is 12.9. The third-order valence-electron chi connectivity index (χ3n) is 5.29. The number of hydrogen-bond acceptors (Lipinski definition) is 5. The predicted octanol–water partition coefficient (Wildman–Crippen LogP) is 3.41. The van der Waals surface area contributed by atoms with Crippen LogP contribution in [0.5, 0.6) is 5.75 Å². The van der Waals surface area contributed by atoms with Gasteiger partial charge in [0.25, 0.3) is 5.91 Å². The minimum Gasteiger partial charge on any atom is -0.403 e. The van der Waals surface area contributed by atoms with E-state index < -0.39 is 12.3 Å². The van der Waals surface area contributed by atoms with Gasteiger partial charge in [-0.3, -0.25) is 4.79 Å². The highest BCUT2D eigenvalue weighted by Crippen LogP contribution is 2.44. The molecule has 0 spiro atoms. The summed E-state index contributed by atoms with van der Waals surface area (Å²) in [5, 5.41) is 13.7. The number of carbonyl (C=O) groups excluding carboxylic acids is 1. The number of fused-ring (bicyclic) bond motifs is 1. The van der Waals surface area contributed by atoms with Crippen LogP contribution in [0.1, 0.15) is 53.2 Å². The number of aliphatic hydroxyl groups excluding tert-OH is 1. The van der Waals surface area contributed by atoms with Crippen molar-refractivity contribution in [2.75, 3.05) is 20.2 Å². The lowest BCUT2D eigenvalue weighted by Crippen LogP contribution is -2.37. The van der Waals surface area contributed by atoms with Crippen LogP contribution >= 0.6 is 0 Å². The number of halogens is 3. The number of amides is 1. The van der Waals surface area contributed by atoms with E-state index in [4.69, 9.17) is 5.11 Å². The summed E-state index contributed by atoms with van der Waals surface area (Å²) < 4.78 is 43.1. The number of nitrogens with zero attached hydrogens (tertiary/aromatic N) is 1. The SMILES string of the molecule is CO.Cc1cc(C(=O)NCC2CCCN2)nc2c(OC(F)(F)F)cc(C3CC3)cc12. The smallest absolute Gasteiger partial charge is 0.403 e. The number of nitrogens with one attached hydrogen (secondary N) is 2. The van der Waals surface area contributed by atoms with Crippen LogP contribution < -0.4 is 15.4 Å². The first-order chi connectivity index (χ1) is 14.3. The summed E-state index contributed by atoms with van der Waals surface area (Å²) in [6, 6.07) is 5.11. The first-order valence-electron chi connectivity index (χ1n) is 9.97. The zero-order valence-electron chi connectivity index (χ0n) is 17.0. The standard InChI is InChI=1S/C20H22F3N3O2.CH4O/c1-11-7-16(19(27)25-10-14-3-2-6-24-14)26-18-15(11)8-13(12-4-5-12)9-17(18)28-20(21,22)23;1-2/h7-9,12,14,24H,2-6,10H2,1H3,(H,25,27);2H,1H3. The second-order valence-corrected chi connectivity index (χ2v) is 7.56. The summed E-state index contributed by atoms with van der Waals surface area (Å²) in [7, 11) is 1.00. The molecule has 2 aliphatic rings. The molecule has 2 aromatic rings. The molecule has 0 bridgehead atoms. The number of hydrogen-bond donors (Lipinski definition) is 3. The first kappa shape index (κ1) is 22.3. The first-order valence-corrected chi connectivity index (χ1v) is 9.97. The van der Waals surface area contributed by atoms with Crippen molar-refractivity contribution in [2.24, 2.45) is 0 Å². The quantitative estimate of drug-likeness (QED) is 0.684. The molecule has 2 fully saturated rings. The fourth-order valence-corrected chi connectivity index (χ4v) is 3.69. The summed E-state index contributed by atoms with van der Waals surface area (Å²) in [5.41, 5.74) is 1.67. The lowest BCUT2D eigenvalue weighted by atomic mass is 10.0. The van der Waals surface area contributed by atoms with E-state index in [1.54, 1.807) is 13.0 Å². The minimum atomic E-state index is -4.82. The fourth-order valence-electron chi connectivity index (χ4n) is 3.69. The van der Waals surface area contributed by atoms with Crippen LogP contribution in [-0.4, -0.2) is 48.6 Å². The van der Waals surface area contributed by atoms with Crippen LogP contribution in [0.15, 0.2) is 18.2 Å². The molecular weight excluding hydrogens is 399 g/mol. The number of aryl methyl sites for hydroxylation is 1. The van der Waals surface area contributed by atoms with E-state index in [1.165, 1.54) is 6.07 Å². The van der Waals surface area contributed by atoms with E-state index in [1.807, 2.05) is 6.07 Å². The van der Waals surface area contributed by atoms with Gasteiger partial charge in [-0.05, 0) is 74.4 Å². The summed E-state index contributed by atoms with van der Waals surface area (Å²) in [6.45, 7) is 3.16. The average molecular weight is 425 g/mol.